The van der Waals surface area contributed by atoms with Crippen molar-refractivity contribution in [2.45, 2.75) is 38.8 Å². The highest BCUT2D eigenvalue weighted by Gasteiger charge is 2.23. The highest BCUT2D eigenvalue weighted by molar-refractivity contribution is 5.97. The van der Waals surface area contributed by atoms with E-state index in [9.17, 15) is 4.79 Å². The van der Waals surface area contributed by atoms with E-state index in [4.69, 9.17) is 4.98 Å². The average molecular weight is 400 g/mol. The molecule has 0 saturated heterocycles. The lowest BCUT2D eigenvalue weighted by Gasteiger charge is -2.27. The smallest absolute Gasteiger partial charge is 0.255 e. The standard InChI is InChI=1S/C23H24N6O/c30-23-18-15-29(11-9-19(18)27-22(28-23)20-8-4-5-10-24-20)14-16-12-25-21(26-13-16)17-6-2-1-3-7-17/h1-3,6-7,12-13H,4-5,8-11,14-15H2,(H,27,28,30). The molecular formula is C23H24N6O. The van der Waals surface area contributed by atoms with Gasteiger partial charge in [0.1, 0.15) is 0 Å². The van der Waals surface area contributed by atoms with Crippen LogP contribution in [0.2, 0.25) is 0 Å². The maximum absolute atomic E-state index is 12.7. The van der Waals surface area contributed by atoms with Gasteiger partial charge >= 0.3 is 0 Å². The zero-order chi connectivity index (χ0) is 20.3. The van der Waals surface area contributed by atoms with Crippen molar-refractivity contribution in [2.75, 3.05) is 13.1 Å². The van der Waals surface area contributed by atoms with Crippen LogP contribution >= 0.6 is 0 Å². The van der Waals surface area contributed by atoms with Crippen molar-refractivity contribution >= 4 is 5.71 Å². The van der Waals surface area contributed by atoms with Crippen molar-refractivity contribution in [1.29, 1.82) is 0 Å². The second kappa shape index (κ2) is 8.28. The third kappa shape index (κ3) is 3.93. The van der Waals surface area contributed by atoms with Gasteiger partial charge in [0.05, 0.1) is 17.0 Å². The van der Waals surface area contributed by atoms with Gasteiger partial charge in [0.15, 0.2) is 11.6 Å². The van der Waals surface area contributed by atoms with Crippen molar-refractivity contribution in [3.8, 4) is 11.4 Å². The van der Waals surface area contributed by atoms with Crippen molar-refractivity contribution in [1.82, 2.24) is 24.8 Å². The molecule has 0 spiro atoms. The number of benzene rings is 1. The van der Waals surface area contributed by atoms with Gasteiger partial charge in [-0.3, -0.25) is 14.7 Å². The second-order valence-corrected chi connectivity index (χ2v) is 7.87. The van der Waals surface area contributed by atoms with Crippen LogP contribution in [0.15, 0.2) is 52.5 Å². The minimum Gasteiger partial charge on any atom is -0.305 e. The van der Waals surface area contributed by atoms with E-state index in [0.717, 1.165) is 72.7 Å². The molecule has 1 N–H and O–H groups in total. The van der Waals surface area contributed by atoms with Crippen molar-refractivity contribution in [3.63, 3.8) is 0 Å². The number of nitrogens with one attached hydrogen (secondary N) is 1. The third-order valence-corrected chi connectivity index (χ3v) is 5.69. The molecule has 0 radical (unpaired) electrons. The number of H-pyrrole nitrogens is 1. The number of aromatic amines is 1. The molecule has 2 aliphatic heterocycles. The number of hydrogen-bond acceptors (Lipinski definition) is 6. The molecule has 2 aromatic heterocycles. The number of aliphatic imine (C=N–C) groups is 1. The molecule has 0 fully saturated rings. The Kier molecular flexibility index (Phi) is 5.19. The minimum atomic E-state index is -0.0383. The maximum Gasteiger partial charge on any atom is 0.255 e. The zero-order valence-corrected chi connectivity index (χ0v) is 16.8. The topological polar surface area (TPSA) is 87.1 Å². The predicted octanol–water partition coefficient (Wildman–Crippen LogP) is 2.76. The number of rotatable bonds is 4. The minimum absolute atomic E-state index is 0.0383. The molecule has 7 nitrogen and oxygen atoms in total. The van der Waals surface area contributed by atoms with Gasteiger partial charge in [-0.1, -0.05) is 30.3 Å². The Morgan fingerprint density at radius 1 is 1.03 bits per heavy atom. The lowest BCUT2D eigenvalue weighted by molar-refractivity contribution is 0.241. The van der Waals surface area contributed by atoms with E-state index >= 15 is 0 Å². The fourth-order valence-electron chi connectivity index (χ4n) is 4.07. The largest absolute Gasteiger partial charge is 0.305 e. The Hall–Kier alpha value is -3.19. The van der Waals surface area contributed by atoms with Crippen LogP contribution in [-0.2, 0) is 19.5 Å². The van der Waals surface area contributed by atoms with Crippen LogP contribution < -0.4 is 5.56 Å². The molecule has 5 rings (SSSR count). The lowest BCUT2D eigenvalue weighted by atomic mass is 10.0. The molecular weight excluding hydrogens is 376 g/mol. The van der Waals surface area contributed by atoms with E-state index in [2.05, 4.69) is 24.8 Å². The molecule has 30 heavy (non-hydrogen) atoms. The first-order chi connectivity index (χ1) is 14.8. The maximum atomic E-state index is 12.7. The van der Waals surface area contributed by atoms with E-state index in [1.807, 2.05) is 42.7 Å². The van der Waals surface area contributed by atoms with E-state index in [-0.39, 0.29) is 5.56 Å². The molecule has 3 aromatic rings. The fourth-order valence-corrected chi connectivity index (χ4v) is 4.07. The summed E-state index contributed by atoms with van der Waals surface area (Å²) in [5.41, 5.74) is 4.63. The normalized spacial score (nSPS) is 16.7. The molecule has 0 aliphatic carbocycles. The van der Waals surface area contributed by atoms with Gasteiger partial charge < -0.3 is 4.98 Å². The number of aromatic nitrogens is 4. The summed E-state index contributed by atoms with van der Waals surface area (Å²) in [5, 5.41) is 0. The first kappa shape index (κ1) is 18.8. The summed E-state index contributed by atoms with van der Waals surface area (Å²) in [7, 11) is 0. The molecule has 7 heteroatoms. The quantitative estimate of drug-likeness (QED) is 0.728. The van der Waals surface area contributed by atoms with Gasteiger partial charge in [0.25, 0.3) is 5.56 Å². The molecule has 2 aliphatic rings. The van der Waals surface area contributed by atoms with Gasteiger partial charge in [-0.15, -0.1) is 0 Å². The predicted molar refractivity (Wildman–Crippen MR) is 115 cm³/mol. The Labute approximate surface area is 175 Å². The summed E-state index contributed by atoms with van der Waals surface area (Å²) in [4.78, 5) is 36.3. The van der Waals surface area contributed by atoms with E-state index in [1.165, 1.54) is 0 Å². The number of hydrogen-bond donors (Lipinski definition) is 1. The number of nitrogens with zero attached hydrogens (tertiary/aromatic N) is 5. The molecule has 4 heterocycles. The van der Waals surface area contributed by atoms with Gasteiger partial charge in [-0.2, -0.15) is 0 Å². The Morgan fingerprint density at radius 2 is 1.87 bits per heavy atom. The summed E-state index contributed by atoms with van der Waals surface area (Å²) < 4.78 is 0. The molecule has 0 amide bonds. The van der Waals surface area contributed by atoms with Crippen LogP contribution in [0.25, 0.3) is 11.4 Å². The molecule has 0 unspecified atom stereocenters. The van der Waals surface area contributed by atoms with Crippen LogP contribution in [-0.4, -0.2) is 43.6 Å². The fraction of sp³-hybridized carbons (Fsp3) is 0.348. The lowest BCUT2D eigenvalue weighted by Crippen LogP contribution is -2.36. The Balaban J connectivity index is 1.30. The van der Waals surface area contributed by atoms with Crippen LogP contribution in [0.5, 0.6) is 0 Å². The molecule has 0 atom stereocenters. The van der Waals surface area contributed by atoms with Gasteiger partial charge in [0, 0.05) is 56.1 Å². The van der Waals surface area contributed by atoms with Crippen molar-refractivity contribution in [3.05, 3.63) is 75.7 Å². The zero-order valence-electron chi connectivity index (χ0n) is 16.8. The summed E-state index contributed by atoms with van der Waals surface area (Å²) in [5.74, 6) is 1.39. The first-order valence-electron chi connectivity index (χ1n) is 10.5. The SMILES string of the molecule is O=c1[nH]c(C2=NCCCC2)nc2c1CN(Cc1cnc(-c3ccccc3)nc1)CC2. The second-order valence-electron chi connectivity index (χ2n) is 7.87. The molecule has 0 saturated carbocycles. The van der Waals surface area contributed by atoms with Crippen LogP contribution in [0.1, 0.15) is 41.9 Å². The monoisotopic (exact) mass is 400 g/mol. The molecule has 152 valence electrons. The van der Waals surface area contributed by atoms with Crippen molar-refractivity contribution in [2.24, 2.45) is 4.99 Å². The molecule has 1 aromatic carbocycles. The first-order valence-corrected chi connectivity index (χ1v) is 10.5. The van der Waals surface area contributed by atoms with E-state index in [1.54, 1.807) is 0 Å². The number of fused-ring (bicyclic) bond motifs is 1. The van der Waals surface area contributed by atoms with Gasteiger partial charge in [-0.05, 0) is 19.3 Å². The van der Waals surface area contributed by atoms with Gasteiger partial charge in [0.2, 0.25) is 0 Å². The molecule has 0 bridgehead atoms. The van der Waals surface area contributed by atoms with Gasteiger partial charge in [-0.25, -0.2) is 15.0 Å². The summed E-state index contributed by atoms with van der Waals surface area (Å²) in [6, 6.07) is 9.95. The summed E-state index contributed by atoms with van der Waals surface area (Å²) in [6.45, 7) is 2.98. The average Bonchev–Trinajstić information content (AvgIpc) is 2.81. The highest BCUT2D eigenvalue weighted by atomic mass is 16.1. The summed E-state index contributed by atoms with van der Waals surface area (Å²) >= 11 is 0. The summed E-state index contributed by atoms with van der Waals surface area (Å²) in [6.07, 6.45) is 7.63. The van der Waals surface area contributed by atoms with E-state index in [0.29, 0.717) is 18.9 Å². The highest BCUT2D eigenvalue weighted by Crippen LogP contribution is 2.19. The third-order valence-electron chi connectivity index (χ3n) is 5.69. The van der Waals surface area contributed by atoms with Crippen molar-refractivity contribution < 1.29 is 0 Å². The Morgan fingerprint density at radius 3 is 2.63 bits per heavy atom. The van der Waals surface area contributed by atoms with Crippen LogP contribution in [0, 0.1) is 0 Å². The Bertz CT molecular complexity index is 1120. The van der Waals surface area contributed by atoms with E-state index < -0.39 is 0 Å². The van der Waals surface area contributed by atoms with Crippen LogP contribution in [0.3, 0.4) is 0 Å². The van der Waals surface area contributed by atoms with Crippen LogP contribution in [0.4, 0.5) is 0 Å².